The normalized spacial score (nSPS) is 11.2. The van der Waals surface area contributed by atoms with Crippen molar-refractivity contribution in [1.29, 1.82) is 0 Å². The van der Waals surface area contributed by atoms with Gasteiger partial charge >= 0.3 is 0 Å². The average molecular weight is 440 g/mol. The van der Waals surface area contributed by atoms with Gasteiger partial charge in [0.25, 0.3) is 0 Å². The predicted molar refractivity (Wildman–Crippen MR) is 83.2 cm³/mol. The van der Waals surface area contributed by atoms with E-state index in [4.69, 9.17) is 11.6 Å². The molecule has 102 valence electrons. The molecule has 0 unspecified atom stereocenters. The fourth-order valence-corrected chi connectivity index (χ4v) is 4.75. The molecule has 2 heterocycles. The van der Waals surface area contributed by atoms with Gasteiger partial charge in [-0.25, -0.2) is 18.7 Å². The Labute approximate surface area is 138 Å². The van der Waals surface area contributed by atoms with Crippen LogP contribution in [-0.2, 0) is 0 Å². The molecule has 2 aromatic heterocycles. The molecule has 0 saturated heterocycles. The maximum absolute atomic E-state index is 13.8. The molecule has 0 amide bonds. The van der Waals surface area contributed by atoms with Crippen LogP contribution in [0.15, 0.2) is 25.8 Å². The number of rotatable bonds is 1. The summed E-state index contributed by atoms with van der Waals surface area (Å²) >= 11 is 14.2. The average Bonchev–Trinajstić information content (AvgIpc) is 2.69. The van der Waals surface area contributed by atoms with E-state index >= 15 is 0 Å². The zero-order chi connectivity index (χ0) is 14.4. The second-order valence-electron chi connectivity index (χ2n) is 3.86. The van der Waals surface area contributed by atoms with Crippen LogP contribution < -0.4 is 0 Å². The minimum absolute atomic E-state index is 0.00405. The summed E-state index contributed by atoms with van der Waals surface area (Å²) in [6.07, 6.45) is 0. The summed E-state index contributed by atoms with van der Waals surface area (Å²) in [5.74, 6) is -1.20. The van der Waals surface area contributed by atoms with Gasteiger partial charge in [-0.3, -0.25) is 0 Å². The number of aromatic nitrogens is 2. The minimum Gasteiger partial charge on any atom is -0.225 e. The summed E-state index contributed by atoms with van der Waals surface area (Å²) < 4.78 is 28.7. The lowest BCUT2D eigenvalue weighted by Gasteiger charge is -2.05. The van der Waals surface area contributed by atoms with Crippen molar-refractivity contribution in [2.45, 2.75) is 0 Å². The molecule has 0 radical (unpaired) electrons. The van der Waals surface area contributed by atoms with Crippen molar-refractivity contribution in [2.75, 3.05) is 0 Å². The van der Waals surface area contributed by atoms with E-state index in [0.717, 1.165) is 19.7 Å². The third-order valence-corrected chi connectivity index (χ3v) is 5.20. The molecule has 0 spiro atoms. The molecule has 1 aromatic carbocycles. The van der Waals surface area contributed by atoms with Crippen molar-refractivity contribution in [3.63, 3.8) is 0 Å². The Morgan fingerprint density at radius 1 is 1.10 bits per heavy atom. The number of fused-ring (bicyclic) bond motifs is 1. The molecule has 0 saturated carbocycles. The van der Waals surface area contributed by atoms with Crippen molar-refractivity contribution < 1.29 is 8.78 Å². The highest BCUT2D eigenvalue weighted by Gasteiger charge is 2.16. The summed E-state index contributed by atoms with van der Waals surface area (Å²) in [6, 6.07) is 3.69. The molecular formula is C12H3Br2ClF2N2S. The number of halogens is 5. The lowest BCUT2D eigenvalue weighted by Crippen LogP contribution is -1.95. The van der Waals surface area contributed by atoms with Crippen molar-refractivity contribution in [3.05, 3.63) is 42.6 Å². The Morgan fingerprint density at radius 2 is 1.85 bits per heavy atom. The van der Waals surface area contributed by atoms with Crippen molar-refractivity contribution in [2.24, 2.45) is 0 Å². The van der Waals surface area contributed by atoms with Crippen LogP contribution in [0.2, 0.25) is 5.15 Å². The van der Waals surface area contributed by atoms with Crippen molar-refractivity contribution in [1.82, 2.24) is 9.97 Å². The minimum atomic E-state index is -0.768. The largest absolute Gasteiger partial charge is 0.225 e. The Hall–Kier alpha value is -0.630. The first-order valence-electron chi connectivity index (χ1n) is 5.23. The molecule has 0 bridgehead atoms. The summed E-state index contributed by atoms with van der Waals surface area (Å²) in [5, 5.41) is 0.163. The van der Waals surface area contributed by atoms with Crippen LogP contribution >= 0.6 is 54.8 Å². The van der Waals surface area contributed by atoms with Gasteiger partial charge in [-0.05, 0) is 44.0 Å². The summed E-state index contributed by atoms with van der Waals surface area (Å²) in [7, 11) is 0. The van der Waals surface area contributed by atoms with E-state index in [1.165, 1.54) is 11.3 Å². The molecule has 0 aliphatic heterocycles. The smallest absolute Gasteiger partial charge is 0.163 e. The number of thiophene rings is 1. The van der Waals surface area contributed by atoms with Gasteiger partial charge in [0.15, 0.2) is 11.6 Å². The van der Waals surface area contributed by atoms with E-state index in [9.17, 15) is 8.78 Å². The van der Waals surface area contributed by atoms with E-state index < -0.39 is 11.6 Å². The maximum Gasteiger partial charge on any atom is 0.163 e. The monoisotopic (exact) mass is 438 g/mol. The molecule has 0 aliphatic carbocycles. The van der Waals surface area contributed by atoms with Gasteiger partial charge < -0.3 is 0 Å². The van der Waals surface area contributed by atoms with Crippen molar-refractivity contribution >= 4 is 65.7 Å². The number of nitrogens with zero attached hydrogens (tertiary/aromatic N) is 2. The van der Waals surface area contributed by atoms with Gasteiger partial charge in [-0.15, -0.1) is 11.3 Å². The first kappa shape index (κ1) is 14.3. The highest BCUT2D eigenvalue weighted by atomic mass is 79.9. The van der Waals surface area contributed by atoms with Crippen molar-refractivity contribution in [3.8, 4) is 11.4 Å². The molecule has 8 heteroatoms. The van der Waals surface area contributed by atoms with E-state index in [0.29, 0.717) is 5.56 Å². The van der Waals surface area contributed by atoms with Gasteiger partial charge in [0.1, 0.15) is 16.5 Å². The standard InChI is InChI=1S/C12H3Br2ClF2N2S/c13-8-3-6(10(14)20-8)12-18-9-5(11(15)19-12)1-4(16)2-7(9)17/h1-3H. The first-order valence-corrected chi connectivity index (χ1v) is 8.01. The van der Waals surface area contributed by atoms with E-state index in [-0.39, 0.29) is 21.9 Å². The Bertz CT molecular complexity index is 838. The first-order chi connectivity index (χ1) is 9.45. The molecule has 0 atom stereocenters. The highest BCUT2D eigenvalue weighted by molar-refractivity contribution is 9.12. The molecule has 0 N–H and O–H groups in total. The second kappa shape index (κ2) is 5.29. The SMILES string of the molecule is Fc1cc(F)c2nc(-c3cc(Br)sc3Br)nc(Cl)c2c1. The lowest BCUT2D eigenvalue weighted by molar-refractivity contribution is 0.590. The molecule has 2 nitrogen and oxygen atoms in total. The third-order valence-electron chi connectivity index (χ3n) is 2.57. The summed E-state index contributed by atoms with van der Waals surface area (Å²) in [6.45, 7) is 0. The summed E-state index contributed by atoms with van der Waals surface area (Å²) in [4.78, 5) is 8.24. The van der Waals surface area contributed by atoms with E-state index in [2.05, 4.69) is 41.8 Å². The number of hydrogen-bond acceptors (Lipinski definition) is 3. The van der Waals surface area contributed by atoms with Crippen LogP contribution in [0.4, 0.5) is 8.78 Å². The molecule has 0 aliphatic rings. The quantitative estimate of drug-likeness (QED) is 0.446. The van der Waals surface area contributed by atoms with Gasteiger partial charge in [-0.2, -0.15) is 0 Å². The summed E-state index contributed by atoms with van der Waals surface area (Å²) in [5.41, 5.74) is 0.685. The highest BCUT2D eigenvalue weighted by Crippen LogP contribution is 2.38. The van der Waals surface area contributed by atoms with Crippen LogP contribution in [-0.4, -0.2) is 9.97 Å². The van der Waals surface area contributed by atoms with Crippen LogP contribution in [0.3, 0.4) is 0 Å². The topological polar surface area (TPSA) is 25.8 Å². The Morgan fingerprint density at radius 3 is 2.50 bits per heavy atom. The van der Waals surface area contributed by atoms with Gasteiger partial charge in [0.05, 0.1) is 7.57 Å². The van der Waals surface area contributed by atoms with E-state index in [1.54, 1.807) is 6.07 Å². The molecule has 0 fully saturated rings. The molecular weight excluding hydrogens is 437 g/mol. The zero-order valence-electron chi connectivity index (χ0n) is 9.42. The maximum atomic E-state index is 13.8. The van der Waals surface area contributed by atoms with Crippen LogP contribution in [0, 0.1) is 11.6 Å². The number of benzene rings is 1. The fraction of sp³-hybridized carbons (Fsp3) is 0. The second-order valence-corrected chi connectivity index (χ2v) is 7.97. The Balaban J connectivity index is 2.32. The Kier molecular flexibility index (Phi) is 3.79. The zero-order valence-corrected chi connectivity index (χ0v) is 14.2. The number of hydrogen-bond donors (Lipinski definition) is 0. The van der Waals surface area contributed by atoms with Crippen LogP contribution in [0.25, 0.3) is 22.3 Å². The van der Waals surface area contributed by atoms with E-state index in [1.807, 2.05) is 0 Å². The fourth-order valence-electron chi connectivity index (χ4n) is 1.73. The van der Waals surface area contributed by atoms with Crippen LogP contribution in [0.5, 0.6) is 0 Å². The lowest BCUT2D eigenvalue weighted by atomic mass is 10.2. The predicted octanol–water partition coefficient (Wildman–Crippen LogP) is 5.81. The molecule has 20 heavy (non-hydrogen) atoms. The van der Waals surface area contributed by atoms with Gasteiger partial charge in [0, 0.05) is 17.0 Å². The molecule has 3 rings (SSSR count). The van der Waals surface area contributed by atoms with Crippen LogP contribution in [0.1, 0.15) is 0 Å². The van der Waals surface area contributed by atoms with Gasteiger partial charge in [0.2, 0.25) is 0 Å². The van der Waals surface area contributed by atoms with Gasteiger partial charge in [-0.1, -0.05) is 11.6 Å². The third kappa shape index (κ3) is 2.47. The molecule has 3 aromatic rings.